The van der Waals surface area contributed by atoms with Gasteiger partial charge in [-0.05, 0) is 30.3 Å². The molecule has 0 N–H and O–H groups in total. The average Bonchev–Trinajstić information content (AvgIpc) is 2.61. The minimum atomic E-state index is -3.60. The normalized spacial score (nSPS) is 16.9. The molecule has 3 rings (SSSR count). The van der Waals surface area contributed by atoms with E-state index in [1.807, 2.05) is 18.2 Å². The van der Waals surface area contributed by atoms with Crippen LogP contribution in [0.2, 0.25) is 10.0 Å². The Morgan fingerprint density at radius 1 is 1.04 bits per heavy atom. The van der Waals surface area contributed by atoms with Crippen LogP contribution in [0.15, 0.2) is 47.5 Å². The first kappa shape index (κ1) is 18.6. The standard InChI is InChI=1S/C17H19Cl2N3O2S/c18-14-4-5-17(16(19)13-14)25(23,24)22-11-9-21(10-12-22)8-6-15-3-1-2-7-20-15/h1-5,7,13H,6,8-12H2. The summed E-state index contributed by atoms with van der Waals surface area (Å²) in [5.74, 6) is 0. The van der Waals surface area contributed by atoms with E-state index < -0.39 is 10.0 Å². The second kappa shape index (κ2) is 8.01. The molecule has 0 unspecified atom stereocenters. The highest BCUT2D eigenvalue weighted by Gasteiger charge is 2.30. The van der Waals surface area contributed by atoms with E-state index in [4.69, 9.17) is 23.2 Å². The molecular weight excluding hydrogens is 381 g/mol. The minimum Gasteiger partial charge on any atom is -0.300 e. The Balaban J connectivity index is 1.59. The Morgan fingerprint density at radius 2 is 1.80 bits per heavy atom. The van der Waals surface area contributed by atoms with Crippen molar-refractivity contribution < 1.29 is 8.42 Å². The van der Waals surface area contributed by atoms with Gasteiger partial charge in [-0.2, -0.15) is 4.31 Å². The lowest BCUT2D eigenvalue weighted by Gasteiger charge is -2.34. The summed E-state index contributed by atoms with van der Waals surface area (Å²) in [6.07, 6.45) is 2.65. The third-order valence-electron chi connectivity index (χ3n) is 4.25. The van der Waals surface area contributed by atoms with Crippen LogP contribution in [0, 0.1) is 0 Å². The first-order chi connectivity index (χ1) is 12.0. The molecule has 0 amide bonds. The second-order valence-electron chi connectivity index (χ2n) is 5.89. The zero-order chi connectivity index (χ0) is 17.9. The summed E-state index contributed by atoms with van der Waals surface area (Å²) in [6.45, 7) is 3.15. The third-order valence-corrected chi connectivity index (χ3v) is 6.87. The molecule has 0 atom stereocenters. The fourth-order valence-corrected chi connectivity index (χ4v) is 5.00. The first-order valence-corrected chi connectivity index (χ1v) is 10.2. The smallest absolute Gasteiger partial charge is 0.244 e. The van der Waals surface area contributed by atoms with Gasteiger partial charge in [0.15, 0.2) is 0 Å². The monoisotopic (exact) mass is 399 g/mol. The number of piperazine rings is 1. The Labute approximate surface area is 158 Å². The number of pyridine rings is 1. The van der Waals surface area contributed by atoms with Crippen LogP contribution >= 0.6 is 23.2 Å². The molecule has 5 nitrogen and oxygen atoms in total. The van der Waals surface area contributed by atoms with Crippen LogP contribution in [0.25, 0.3) is 0 Å². The average molecular weight is 400 g/mol. The van der Waals surface area contributed by atoms with E-state index >= 15 is 0 Å². The lowest BCUT2D eigenvalue weighted by atomic mass is 10.2. The van der Waals surface area contributed by atoms with Crippen molar-refractivity contribution in [3.05, 3.63) is 58.3 Å². The highest BCUT2D eigenvalue weighted by Crippen LogP contribution is 2.28. The predicted molar refractivity (Wildman–Crippen MR) is 99.6 cm³/mol. The Hall–Kier alpha value is -1.18. The van der Waals surface area contributed by atoms with Crippen molar-refractivity contribution in [3.8, 4) is 0 Å². The van der Waals surface area contributed by atoms with Crippen LogP contribution in [-0.2, 0) is 16.4 Å². The number of nitrogens with zero attached hydrogens (tertiary/aromatic N) is 3. The molecule has 1 saturated heterocycles. The van der Waals surface area contributed by atoms with Gasteiger partial charge in [0.25, 0.3) is 0 Å². The molecule has 8 heteroatoms. The van der Waals surface area contributed by atoms with Gasteiger partial charge in [0, 0.05) is 56.1 Å². The zero-order valence-corrected chi connectivity index (χ0v) is 15.9. The van der Waals surface area contributed by atoms with Crippen LogP contribution in [0.3, 0.4) is 0 Å². The summed E-state index contributed by atoms with van der Waals surface area (Å²) in [6, 6.07) is 10.3. The lowest BCUT2D eigenvalue weighted by Crippen LogP contribution is -2.49. The highest BCUT2D eigenvalue weighted by molar-refractivity contribution is 7.89. The summed E-state index contributed by atoms with van der Waals surface area (Å²) < 4.78 is 27.0. The maximum atomic E-state index is 12.8. The molecule has 0 radical (unpaired) electrons. The molecule has 1 aliphatic rings. The molecule has 0 saturated carbocycles. The van der Waals surface area contributed by atoms with Crippen LogP contribution in [0.4, 0.5) is 0 Å². The third kappa shape index (κ3) is 4.51. The fraction of sp³-hybridized carbons (Fsp3) is 0.353. The maximum Gasteiger partial charge on any atom is 0.244 e. The van der Waals surface area contributed by atoms with E-state index in [1.54, 1.807) is 12.3 Å². The van der Waals surface area contributed by atoms with Crippen molar-refractivity contribution >= 4 is 33.2 Å². The van der Waals surface area contributed by atoms with Gasteiger partial charge < -0.3 is 4.90 Å². The summed E-state index contributed by atoms with van der Waals surface area (Å²) in [4.78, 5) is 6.68. The van der Waals surface area contributed by atoms with Crippen molar-refractivity contribution in [2.45, 2.75) is 11.3 Å². The van der Waals surface area contributed by atoms with E-state index in [1.165, 1.54) is 16.4 Å². The molecule has 0 bridgehead atoms. The minimum absolute atomic E-state index is 0.112. The number of aromatic nitrogens is 1. The Kier molecular flexibility index (Phi) is 5.96. The van der Waals surface area contributed by atoms with Crippen LogP contribution < -0.4 is 0 Å². The Bertz CT molecular complexity index is 823. The van der Waals surface area contributed by atoms with Crippen LogP contribution in [-0.4, -0.2) is 55.3 Å². The van der Waals surface area contributed by atoms with Gasteiger partial charge in [-0.25, -0.2) is 8.42 Å². The summed E-state index contributed by atoms with van der Waals surface area (Å²) in [7, 11) is -3.60. The molecule has 1 aliphatic heterocycles. The number of hydrogen-bond acceptors (Lipinski definition) is 4. The van der Waals surface area contributed by atoms with Gasteiger partial charge in [-0.3, -0.25) is 4.98 Å². The molecule has 1 aromatic carbocycles. The highest BCUT2D eigenvalue weighted by atomic mass is 35.5. The molecule has 0 spiro atoms. The molecule has 0 aliphatic carbocycles. The van der Waals surface area contributed by atoms with Crippen molar-refractivity contribution in [2.24, 2.45) is 0 Å². The summed E-state index contributed by atoms with van der Waals surface area (Å²) >= 11 is 11.9. The van der Waals surface area contributed by atoms with Crippen molar-refractivity contribution in [1.29, 1.82) is 0 Å². The maximum absolute atomic E-state index is 12.8. The predicted octanol–water partition coefficient (Wildman–Crippen LogP) is 2.94. The molecule has 134 valence electrons. The van der Waals surface area contributed by atoms with Gasteiger partial charge >= 0.3 is 0 Å². The molecule has 1 aromatic heterocycles. The molecule has 2 aromatic rings. The number of halogens is 2. The summed E-state index contributed by atoms with van der Waals surface area (Å²) in [5, 5.41) is 0.577. The zero-order valence-electron chi connectivity index (χ0n) is 13.6. The van der Waals surface area contributed by atoms with Crippen molar-refractivity contribution in [3.63, 3.8) is 0 Å². The summed E-state index contributed by atoms with van der Waals surface area (Å²) in [5.41, 5.74) is 1.05. The van der Waals surface area contributed by atoms with E-state index in [-0.39, 0.29) is 9.92 Å². The number of benzene rings is 1. The number of hydrogen-bond donors (Lipinski definition) is 0. The van der Waals surface area contributed by atoms with Gasteiger partial charge in [0.05, 0.1) is 5.02 Å². The van der Waals surface area contributed by atoms with Crippen LogP contribution in [0.1, 0.15) is 5.69 Å². The number of sulfonamides is 1. The first-order valence-electron chi connectivity index (χ1n) is 8.04. The molecular formula is C17H19Cl2N3O2S. The second-order valence-corrected chi connectivity index (χ2v) is 8.64. The molecule has 1 fully saturated rings. The lowest BCUT2D eigenvalue weighted by molar-refractivity contribution is 0.190. The van der Waals surface area contributed by atoms with Crippen molar-refractivity contribution in [1.82, 2.24) is 14.2 Å². The van der Waals surface area contributed by atoms with Gasteiger partial charge in [0.2, 0.25) is 10.0 Å². The van der Waals surface area contributed by atoms with E-state index in [9.17, 15) is 8.42 Å². The van der Waals surface area contributed by atoms with Crippen LogP contribution in [0.5, 0.6) is 0 Å². The molecule has 25 heavy (non-hydrogen) atoms. The fourth-order valence-electron chi connectivity index (χ4n) is 2.84. The quantitative estimate of drug-likeness (QED) is 0.775. The SMILES string of the molecule is O=S(=O)(c1ccc(Cl)cc1Cl)N1CCN(CCc2ccccn2)CC1. The largest absolute Gasteiger partial charge is 0.300 e. The van der Waals surface area contributed by atoms with E-state index in [2.05, 4.69) is 9.88 Å². The van der Waals surface area contributed by atoms with Gasteiger partial charge in [-0.1, -0.05) is 29.3 Å². The number of rotatable bonds is 5. The topological polar surface area (TPSA) is 53.5 Å². The molecule has 2 heterocycles. The van der Waals surface area contributed by atoms with Gasteiger partial charge in [-0.15, -0.1) is 0 Å². The van der Waals surface area contributed by atoms with Crippen molar-refractivity contribution in [2.75, 3.05) is 32.7 Å². The van der Waals surface area contributed by atoms with E-state index in [0.717, 1.165) is 18.7 Å². The Morgan fingerprint density at radius 3 is 2.44 bits per heavy atom. The van der Waals surface area contributed by atoms with Gasteiger partial charge in [0.1, 0.15) is 4.90 Å². The van der Waals surface area contributed by atoms with E-state index in [0.29, 0.717) is 31.2 Å².